The number of benzene rings is 2. The minimum absolute atomic E-state index is 0.168. The van der Waals surface area contributed by atoms with Crippen molar-refractivity contribution in [1.29, 1.82) is 0 Å². The molecule has 1 amide bonds. The number of methoxy groups -OCH3 is 2. The second-order valence-electron chi connectivity index (χ2n) is 6.57. The first kappa shape index (κ1) is 18.8. The molecule has 2 aromatic carbocycles. The molecule has 2 aromatic rings. The van der Waals surface area contributed by atoms with Gasteiger partial charge in [0, 0.05) is 25.5 Å². The Morgan fingerprint density at radius 2 is 1.70 bits per heavy atom. The Morgan fingerprint density at radius 3 is 2.30 bits per heavy atom. The predicted molar refractivity (Wildman–Crippen MR) is 100.0 cm³/mol. The molecular weight excluding hydrogens is 346 g/mol. The summed E-state index contributed by atoms with van der Waals surface area (Å²) in [5.41, 5.74) is 2.90. The second kappa shape index (κ2) is 8.12. The fraction of sp³-hybridized carbons (Fsp3) is 0.333. The number of hydrogen-bond acceptors (Lipinski definition) is 4. The van der Waals surface area contributed by atoms with Crippen LogP contribution in [0.15, 0.2) is 42.5 Å². The van der Waals surface area contributed by atoms with Crippen LogP contribution in [0.4, 0.5) is 0 Å². The van der Waals surface area contributed by atoms with Crippen molar-refractivity contribution in [2.24, 2.45) is 0 Å². The minimum atomic E-state index is -0.971. The average molecular weight is 369 g/mol. The standard InChI is InChI=1S/C21H23NO5/c1-26-17-9-14(10-18(12-17)27-2)7-8-20(23)22-13-16-6-4-3-5-15(16)11-19(22)21(24)25/h3-6,9-10,12,19H,7-8,11,13H2,1-2H3,(H,24,25). The van der Waals surface area contributed by atoms with E-state index in [2.05, 4.69) is 0 Å². The molecule has 1 aliphatic rings. The lowest BCUT2D eigenvalue weighted by Crippen LogP contribution is -2.48. The molecule has 1 N–H and O–H groups in total. The van der Waals surface area contributed by atoms with Crippen LogP contribution in [-0.4, -0.2) is 42.1 Å². The van der Waals surface area contributed by atoms with Gasteiger partial charge in [-0.25, -0.2) is 4.79 Å². The minimum Gasteiger partial charge on any atom is -0.497 e. The maximum Gasteiger partial charge on any atom is 0.326 e. The Hall–Kier alpha value is -3.02. The third-order valence-electron chi connectivity index (χ3n) is 4.89. The number of hydrogen-bond donors (Lipinski definition) is 1. The number of nitrogens with zero attached hydrogens (tertiary/aromatic N) is 1. The fourth-order valence-corrected chi connectivity index (χ4v) is 3.41. The molecule has 3 rings (SSSR count). The number of aryl methyl sites for hydroxylation is 1. The first-order valence-corrected chi connectivity index (χ1v) is 8.83. The summed E-state index contributed by atoms with van der Waals surface area (Å²) in [6.45, 7) is 0.327. The van der Waals surface area contributed by atoms with E-state index >= 15 is 0 Å². The van der Waals surface area contributed by atoms with Crippen LogP contribution < -0.4 is 9.47 Å². The molecule has 6 heteroatoms. The number of carboxylic acid groups (broad SMARTS) is 1. The zero-order chi connectivity index (χ0) is 19.4. The highest BCUT2D eigenvalue weighted by Gasteiger charge is 2.34. The van der Waals surface area contributed by atoms with Crippen molar-refractivity contribution >= 4 is 11.9 Å². The van der Waals surface area contributed by atoms with Crippen LogP contribution in [0, 0.1) is 0 Å². The molecule has 142 valence electrons. The van der Waals surface area contributed by atoms with Crippen molar-refractivity contribution in [2.75, 3.05) is 14.2 Å². The van der Waals surface area contributed by atoms with Gasteiger partial charge in [-0.15, -0.1) is 0 Å². The molecule has 1 unspecified atom stereocenters. The summed E-state index contributed by atoms with van der Waals surface area (Å²) < 4.78 is 10.5. The van der Waals surface area contributed by atoms with Gasteiger partial charge in [0.1, 0.15) is 17.5 Å². The van der Waals surface area contributed by atoms with Crippen molar-refractivity contribution < 1.29 is 24.2 Å². The number of aliphatic carboxylic acids is 1. The molecule has 6 nitrogen and oxygen atoms in total. The lowest BCUT2D eigenvalue weighted by atomic mass is 9.93. The molecule has 0 bridgehead atoms. The van der Waals surface area contributed by atoms with Crippen LogP contribution in [0.25, 0.3) is 0 Å². The van der Waals surface area contributed by atoms with E-state index < -0.39 is 12.0 Å². The van der Waals surface area contributed by atoms with E-state index in [0.717, 1.165) is 16.7 Å². The van der Waals surface area contributed by atoms with E-state index in [1.54, 1.807) is 20.3 Å². The van der Waals surface area contributed by atoms with Gasteiger partial charge >= 0.3 is 5.97 Å². The van der Waals surface area contributed by atoms with E-state index in [0.29, 0.717) is 30.9 Å². The Kier molecular flexibility index (Phi) is 5.64. The first-order valence-electron chi connectivity index (χ1n) is 8.83. The van der Waals surface area contributed by atoms with Gasteiger partial charge < -0.3 is 19.5 Å². The predicted octanol–water partition coefficient (Wildman–Crippen LogP) is 2.67. The normalized spacial score (nSPS) is 15.8. The van der Waals surface area contributed by atoms with Crippen molar-refractivity contribution in [3.8, 4) is 11.5 Å². The molecule has 0 spiro atoms. The molecular formula is C21H23NO5. The molecule has 0 saturated carbocycles. The summed E-state index contributed by atoms with van der Waals surface area (Å²) in [6.07, 6.45) is 1.05. The van der Waals surface area contributed by atoms with Crippen LogP contribution in [-0.2, 0) is 29.0 Å². The smallest absolute Gasteiger partial charge is 0.326 e. The zero-order valence-corrected chi connectivity index (χ0v) is 15.5. The molecule has 0 aliphatic carbocycles. The maximum absolute atomic E-state index is 12.8. The quantitative estimate of drug-likeness (QED) is 0.847. The lowest BCUT2D eigenvalue weighted by molar-refractivity contribution is -0.151. The van der Waals surface area contributed by atoms with Gasteiger partial charge in [-0.3, -0.25) is 4.79 Å². The van der Waals surface area contributed by atoms with Gasteiger partial charge in [0.25, 0.3) is 0 Å². The van der Waals surface area contributed by atoms with E-state index in [9.17, 15) is 14.7 Å². The molecule has 27 heavy (non-hydrogen) atoms. The van der Waals surface area contributed by atoms with Crippen molar-refractivity contribution in [3.05, 3.63) is 59.2 Å². The first-order chi connectivity index (χ1) is 13.0. The van der Waals surface area contributed by atoms with Crippen molar-refractivity contribution in [1.82, 2.24) is 4.90 Å². The Morgan fingerprint density at radius 1 is 1.07 bits per heavy atom. The molecule has 0 fully saturated rings. The van der Waals surface area contributed by atoms with E-state index in [4.69, 9.17) is 9.47 Å². The maximum atomic E-state index is 12.8. The SMILES string of the molecule is COc1cc(CCC(=O)N2Cc3ccccc3CC2C(=O)O)cc(OC)c1. The number of fused-ring (bicyclic) bond motifs is 1. The highest BCUT2D eigenvalue weighted by atomic mass is 16.5. The van der Waals surface area contributed by atoms with E-state index in [1.807, 2.05) is 36.4 Å². The monoisotopic (exact) mass is 369 g/mol. The van der Waals surface area contributed by atoms with Crippen LogP contribution in [0.3, 0.4) is 0 Å². The Labute approximate surface area is 158 Å². The Balaban J connectivity index is 1.74. The summed E-state index contributed by atoms with van der Waals surface area (Å²) in [5, 5.41) is 9.58. The van der Waals surface area contributed by atoms with Crippen LogP contribution >= 0.6 is 0 Å². The topological polar surface area (TPSA) is 76.1 Å². The summed E-state index contributed by atoms with van der Waals surface area (Å²) >= 11 is 0. The van der Waals surface area contributed by atoms with E-state index in [1.165, 1.54) is 4.90 Å². The van der Waals surface area contributed by atoms with Gasteiger partial charge in [-0.1, -0.05) is 24.3 Å². The summed E-state index contributed by atoms with van der Waals surface area (Å²) in [5.74, 6) is 0.179. The third-order valence-corrected chi connectivity index (χ3v) is 4.89. The molecule has 0 aromatic heterocycles. The molecule has 0 radical (unpaired) electrons. The highest BCUT2D eigenvalue weighted by molar-refractivity contribution is 5.84. The third kappa shape index (κ3) is 4.22. The largest absolute Gasteiger partial charge is 0.497 e. The average Bonchev–Trinajstić information content (AvgIpc) is 2.70. The van der Waals surface area contributed by atoms with Crippen LogP contribution in [0.2, 0.25) is 0 Å². The molecule has 1 heterocycles. The highest BCUT2D eigenvalue weighted by Crippen LogP contribution is 2.26. The molecule has 0 saturated heterocycles. The van der Waals surface area contributed by atoms with E-state index in [-0.39, 0.29) is 12.3 Å². The van der Waals surface area contributed by atoms with Gasteiger partial charge in [-0.05, 0) is 35.2 Å². The number of amides is 1. The Bertz CT molecular complexity index is 826. The van der Waals surface area contributed by atoms with Gasteiger partial charge in [-0.2, -0.15) is 0 Å². The van der Waals surface area contributed by atoms with Crippen molar-refractivity contribution in [3.63, 3.8) is 0 Å². The number of carbonyl (C=O) groups excluding carboxylic acids is 1. The molecule has 1 atom stereocenters. The lowest BCUT2D eigenvalue weighted by Gasteiger charge is -2.34. The second-order valence-corrected chi connectivity index (χ2v) is 6.57. The zero-order valence-electron chi connectivity index (χ0n) is 15.5. The number of carbonyl (C=O) groups is 2. The summed E-state index contributed by atoms with van der Waals surface area (Å²) in [4.78, 5) is 26.0. The number of carboxylic acids is 1. The van der Waals surface area contributed by atoms with Gasteiger partial charge in [0.15, 0.2) is 0 Å². The number of rotatable bonds is 6. The van der Waals surface area contributed by atoms with Crippen LogP contribution in [0.1, 0.15) is 23.1 Å². The molecule has 1 aliphatic heterocycles. The summed E-state index contributed by atoms with van der Waals surface area (Å²) in [6, 6.07) is 12.3. The van der Waals surface area contributed by atoms with Crippen LogP contribution in [0.5, 0.6) is 11.5 Å². The van der Waals surface area contributed by atoms with Crippen molar-refractivity contribution in [2.45, 2.75) is 31.8 Å². The summed E-state index contributed by atoms with van der Waals surface area (Å²) in [7, 11) is 3.15. The fourth-order valence-electron chi connectivity index (χ4n) is 3.41. The van der Waals surface area contributed by atoms with Gasteiger partial charge in [0.2, 0.25) is 5.91 Å². The van der Waals surface area contributed by atoms with Gasteiger partial charge in [0.05, 0.1) is 14.2 Å². The number of ether oxygens (including phenoxy) is 2.